The summed E-state index contributed by atoms with van der Waals surface area (Å²) in [7, 11) is 0. The van der Waals surface area contributed by atoms with Crippen LogP contribution in [0.5, 0.6) is 5.75 Å². The van der Waals surface area contributed by atoms with Crippen LogP contribution in [0, 0.1) is 11.8 Å². The lowest BCUT2D eigenvalue weighted by molar-refractivity contribution is 0.101. The number of aliphatic hydroxyl groups is 1. The molecule has 4 rings (SSSR count). The van der Waals surface area contributed by atoms with Crippen LogP contribution in [0.15, 0.2) is 77.5 Å². The molecular formula is C25H20ClNO3. The molecule has 2 heterocycles. The summed E-state index contributed by atoms with van der Waals surface area (Å²) in [5.41, 5.74) is 0.316. The molecule has 0 radical (unpaired) electrons. The van der Waals surface area contributed by atoms with E-state index in [0.29, 0.717) is 39.8 Å². The number of benzene rings is 2. The van der Waals surface area contributed by atoms with Crippen LogP contribution in [0.3, 0.4) is 0 Å². The van der Waals surface area contributed by atoms with Crippen LogP contribution in [-0.2, 0) is 5.60 Å². The number of hydrogen-bond acceptors (Lipinski definition) is 4. The number of pyridine rings is 1. The highest BCUT2D eigenvalue weighted by molar-refractivity contribution is 6.30. The molecule has 0 saturated heterocycles. The van der Waals surface area contributed by atoms with Crippen LogP contribution in [0.1, 0.15) is 30.2 Å². The van der Waals surface area contributed by atoms with Gasteiger partial charge in [0.25, 0.3) is 0 Å². The number of furan rings is 1. The zero-order valence-corrected chi connectivity index (χ0v) is 17.2. The summed E-state index contributed by atoms with van der Waals surface area (Å²) in [5.74, 6) is 6.96. The second-order valence-electron chi connectivity index (χ2n) is 6.77. The minimum atomic E-state index is -1.52. The smallest absolute Gasteiger partial charge is 0.174 e. The van der Waals surface area contributed by atoms with E-state index in [2.05, 4.69) is 16.8 Å². The largest absolute Gasteiger partial charge is 0.481 e. The maximum atomic E-state index is 11.9. The van der Waals surface area contributed by atoms with Gasteiger partial charge < -0.3 is 14.3 Å². The molecule has 0 saturated carbocycles. The van der Waals surface area contributed by atoms with Crippen LogP contribution < -0.4 is 4.74 Å². The zero-order chi connectivity index (χ0) is 21.0. The molecule has 1 N–H and O–H groups in total. The van der Waals surface area contributed by atoms with Gasteiger partial charge in [-0.2, -0.15) is 0 Å². The normalized spacial score (nSPS) is 12.8. The fourth-order valence-electron chi connectivity index (χ4n) is 3.29. The molecule has 0 aliphatic heterocycles. The number of halogens is 1. The van der Waals surface area contributed by atoms with Gasteiger partial charge in [0.15, 0.2) is 5.60 Å². The monoisotopic (exact) mass is 417 g/mol. The molecule has 4 nitrogen and oxygen atoms in total. The van der Waals surface area contributed by atoms with E-state index in [-0.39, 0.29) is 0 Å². The molecule has 0 fully saturated rings. The first-order valence-corrected chi connectivity index (χ1v) is 10.0. The van der Waals surface area contributed by atoms with Crippen molar-refractivity contribution in [3.05, 3.63) is 95.0 Å². The van der Waals surface area contributed by atoms with Crippen molar-refractivity contribution in [3.8, 4) is 17.6 Å². The summed E-state index contributed by atoms with van der Waals surface area (Å²) in [4.78, 5) is 4.18. The van der Waals surface area contributed by atoms with Gasteiger partial charge in [-0.3, -0.25) is 4.98 Å². The van der Waals surface area contributed by atoms with Gasteiger partial charge in [-0.15, -0.1) is 5.92 Å². The second-order valence-corrected chi connectivity index (χ2v) is 7.20. The van der Waals surface area contributed by atoms with Crippen molar-refractivity contribution in [1.82, 2.24) is 4.98 Å². The Hall–Kier alpha value is -3.26. The summed E-state index contributed by atoms with van der Waals surface area (Å²) >= 11 is 6.06. The van der Waals surface area contributed by atoms with Crippen LogP contribution in [0.4, 0.5) is 0 Å². The molecule has 2 aromatic carbocycles. The van der Waals surface area contributed by atoms with E-state index < -0.39 is 5.60 Å². The first-order valence-electron chi connectivity index (χ1n) is 9.63. The molecule has 0 bridgehead atoms. The van der Waals surface area contributed by atoms with Gasteiger partial charge in [0.05, 0.1) is 0 Å². The van der Waals surface area contributed by atoms with Gasteiger partial charge in [0.2, 0.25) is 0 Å². The lowest BCUT2D eigenvalue weighted by atomic mass is 9.85. The van der Waals surface area contributed by atoms with E-state index in [9.17, 15) is 5.11 Å². The molecule has 0 spiro atoms. The Morgan fingerprint density at radius 1 is 1.07 bits per heavy atom. The van der Waals surface area contributed by atoms with Gasteiger partial charge in [-0.1, -0.05) is 42.6 Å². The Morgan fingerprint density at radius 3 is 2.63 bits per heavy atom. The van der Waals surface area contributed by atoms with Crippen LogP contribution in [0.25, 0.3) is 11.0 Å². The molecule has 1 atom stereocenters. The van der Waals surface area contributed by atoms with E-state index in [1.807, 2.05) is 31.2 Å². The fourth-order valence-corrected chi connectivity index (χ4v) is 3.42. The number of nitrogens with zero attached hydrogens (tertiary/aromatic N) is 1. The molecule has 0 aliphatic rings. The number of ether oxygens (including phenoxy) is 1. The highest BCUT2D eigenvalue weighted by atomic mass is 35.5. The Bertz CT molecular complexity index is 1210. The Balaban J connectivity index is 1.78. The number of fused-ring (bicyclic) bond motifs is 1. The number of rotatable bonds is 5. The highest BCUT2D eigenvalue weighted by Crippen LogP contribution is 2.39. The summed E-state index contributed by atoms with van der Waals surface area (Å²) in [6.45, 7) is 2.31. The van der Waals surface area contributed by atoms with Crippen molar-refractivity contribution >= 4 is 22.6 Å². The predicted molar refractivity (Wildman–Crippen MR) is 118 cm³/mol. The van der Waals surface area contributed by atoms with Gasteiger partial charge in [-0.05, 0) is 42.0 Å². The van der Waals surface area contributed by atoms with Crippen molar-refractivity contribution in [2.24, 2.45) is 0 Å². The minimum absolute atomic E-state index is 0.317. The standard InChI is InChI=1S/C25H20ClNO3/c1-2-3-4-14-29-22-12-7-18-15-24(30-23(18)16-22)25(28,20-6-5-13-27-17-20)19-8-10-21(26)11-9-19/h5-13,15-17,28H,2,14H2,1H3. The first-order chi connectivity index (χ1) is 14.6. The van der Waals surface area contributed by atoms with Gasteiger partial charge >= 0.3 is 0 Å². The van der Waals surface area contributed by atoms with E-state index in [0.717, 1.165) is 11.8 Å². The topological polar surface area (TPSA) is 55.5 Å². The summed E-state index contributed by atoms with van der Waals surface area (Å²) in [6, 6.07) is 18.0. The van der Waals surface area contributed by atoms with Crippen molar-refractivity contribution < 1.29 is 14.3 Å². The molecule has 4 aromatic rings. The molecule has 2 aromatic heterocycles. The highest BCUT2D eigenvalue weighted by Gasteiger charge is 2.37. The van der Waals surface area contributed by atoms with Crippen molar-refractivity contribution in [2.45, 2.75) is 18.9 Å². The van der Waals surface area contributed by atoms with Gasteiger partial charge in [0, 0.05) is 40.9 Å². The van der Waals surface area contributed by atoms with E-state index in [4.69, 9.17) is 20.8 Å². The first kappa shape index (κ1) is 20.0. The Kier molecular flexibility index (Phi) is 5.76. The summed E-state index contributed by atoms with van der Waals surface area (Å²) in [5, 5.41) is 13.3. The van der Waals surface area contributed by atoms with Crippen molar-refractivity contribution in [3.63, 3.8) is 0 Å². The quantitative estimate of drug-likeness (QED) is 0.432. The minimum Gasteiger partial charge on any atom is -0.481 e. The van der Waals surface area contributed by atoms with Gasteiger partial charge in [-0.25, -0.2) is 0 Å². The molecule has 30 heavy (non-hydrogen) atoms. The fraction of sp³-hybridized carbons (Fsp3) is 0.160. The van der Waals surface area contributed by atoms with Crippen LogP contribution >= 0.6 is 11.6 Å². The Morgan fingerprint density at radius 2 is 1.90 bits per heavy atom. The average Bonchev–Trinajstić information content (AvgIpc) is 3.21. The zero-order valence-electron chi connectivity index (χ0n) is 16.4. The second kappa shape index (κ2) is 8.62. The lowest BCUT2D eigenvalue weighted by Crippen LogP contribution is -2.28. The van der Waals surface area contributed by atoms with Crippen molar-refractivity contribution in [2.75, 3.05) is 6.61 Å². The van der Waals surface area contributed by atoms with Gasteiger partial charge in [0.1, 0.15) is 23.7 Å². The van der Waals surface area contributed by atoms with Crippen molar-refractivity contribution in [1.29, 1.82) is 0 Å². The molecule has 1 unspecified atom stereocenters. The predicted octanol–water partition coefficient (Wildman–Crippen LogP) is 5.56. The van der Waals surface area contributed by atoms with E-state index in [1.54, 1.807) is 48.8 Å². The average molecular weight is 418 g/mol. The van der Waals surface area contributed by atoms with Crippen LogP contribution in [0.2, 0.25) is 5.02 Å². The number of hydrogen-bond donors (Lipinski definition) is 1. The summed E-state index contributed by atoms with van der Waals surface area (Å²) in [6.07, 6.45) is 4.08. The third-order valence-corrected chi connectivity index (χ3v) is 5.05. The third-order valence-electron chi connectivity index (χ3n) is 4.80. The van der Waals surface area contributed by atoms with Crippen LogP contribution in [-0.4, -0.2) is 16.7 Å². The van der Waals surface area contributed by atoms with E-state index in [1.165, 1.54) is 0 Å². The van der Waals surface area contributed by atoms with E-state index >= 15 is 0 Å². The molecule has 150 valence electrons. The maximum Gasteiger partial charge on any atom is 0.174 e. The number of aromatic nitrogens is 1. The SMILES string of the molecule is CCC#CCOc1ccc2cc(C(O)(c3ccc(Cl)cc3)c3cccnc3)oc2c1. The molecule has 5 heteroatoms. The lowest BCUT2D eigenvalue weighted by Gasteiger charge is -2.26. The third kappa shape index (κ3) is 3.91. The Labute approximate surface area is 180 Å². The maximum absolute atomic E-state index is 11.9. The molecule has 0 amide bonds. The molecular weight excluding hydrogens is 398 g/mol. The molecule has 0 aliphatic carbocycles. The summed E-state index contributed by atoms with van der Waals surface area (Å²) < 4.78 is 11.8.